The molecule has 0 atom stereocenters. The number of thiazole rings is 1. The number of nitriles is 1. The van der Waals surface area contributed by atoms with Gasteiger partial charge in [-0.25, -0.2) is 4.98 Å². The fraction of sp³-hybridized carbons (Fsp3) is 0. The summed E-state index contributed by atoms with van der Waals surface area (Å²) in [7, 11) is 0. The Morgan fingerprint density at radius 3 is 2.64 bits per heavy atom. The van der Waals surface area contributed by atoms with Crippen LogP contribution < -0.4 is 5.32 Å². The molecular formula is C18H11N5O4S. The molecule has 0 aliphatic rings. The number of aromatic nitrogens is 1. The smallest absolute Gasteiger partial charge is 0.292 e. The maximum absolute atomic E-state index is 11.1. The van der Waals surface area contributed by atoms with E-state index >= 15 is 0 Å². The molecule has 0 bridgehead atoms. The van der Waals surface area contributed by atoms with Crippen LogP contribution in [-0.2, 0) is 0 Å². The van der Waals surface area contributed by atoms with E-state index in [4.69, 9.17) is 0 Å². The van der Waals surface area contributed by atoms with Crippen LogP contribution >= 0.6 is 11.3 Å². The molecule has 0 aliphatic heterocycles. The highest BCUT2D eigenvalue weighted by Crippen LogP contribution is 2.29. The zero-order valence-corrected chi connectivity index (χ0v) is 14.9. The molecule has 0 saturated heterocycles. The molecule has 0 fully saturated rings. The number of allylic oxidation sites excluding steroid dienone is 1. The Balaban J connectivity index is 1.88. The largest absolute Gasteiger partial charge is 0.355 e. The number of anilines is 1. The van der Waals surface area contributed by atoms with Gasteiger partial charge in [-0.05, 0) is 6.07 Å². The van der Waals surface area contributed by atoms with Crippen molar-refractivity contribution in [3.8, 4) is 17.3 Å². The SMILES string of the molecule is N#CC(=CNc1ccccc1[N+](=O)[O-])c1nc(-c2cccc([N+](=O)[O-])c2)cs1. The van der Waals surface area contributed by atoms with E-state index < -0.39 is 9.85 Å². The lowest BCUT2D eigenvalue weighted by atomic mass is 10.1. The van der Waals surface area contributed by atoms with Crippen molar-refractivity contribution in [1.82, 2.24) is 4.98 Å². The zero-order valence-electron chi connectivity index (χ0n) is 14.1. The Hall–Kier alpha value is -4.10. The lowest BCUT2D eigenvalue weighted by Gasteiger charge is -2.02. The average Bonchev–Trinajstić information content (AvgIpc) is 3.19. The molecule has 0 aliphatic carbocycles. The molecule has 1 heterocycles. The molecule has 2 aromatic carbocycles. The first-order valence-electron chi connectivity index (χ1n) is 7.80. The topological polar surface area (TPSA) is 135 Å². The van der Waals surface area contributed by atoms with E-state index in [9.17, 15) is 25.5 Å². The normalized spacial score (nSPS) is 10.9. The molecule has 9 nitrogen and oxygen atoms in total. The number of nitro groups is 2. The van der Waals surface area contributed by atoms with Crippen molar-refractivity contribution >= 4 is 34.0 Å². The van der Waals surface area contributed by atoms with Gasteiger partial charge in [0.25, 0.3) is 11.4 Å². The summed E-state index contributed by atoms with van der Waals surface area (Å²) in [6.45, 7) is 0. The van der Waals surface area contributed by atoms with Gasteiger partial charge in [-0.2, -0.15) is 5.26 Å². The summed E-state index contributed by atoms with van der Waals surface area (Å²) in [6.07, 6.45) is 1.35. The van der Waals surface area contributed by atoms with Crippen LogP contribution in [0.5, 0.6) is 0 Å². The Labute approximate surface area is 162 Å². The molecule has 3 rings (SSSR count). The van der Waals surface area contributed by atoms with Crippen LogP contribution in [0, 0.1) is 31.6 Å². The molecule has 0 spiro atoms. The second-order valence-corrected chi connectivity index (χ2v) is 6.29. The van der Waals surface area contributed by atoms with Crippen molar-refractivity contribution in [3.05, 3.63) is 85.3 Å². The molecule has 1 aromatic heterocycles. The quantitative estimate of drug-likeness (QED) is 0.367. The number of nitrogens with zero attached hydrogens (tertiary/aromatic N) is 4. The second kappa shape index (κ2) is 8.07. The minimum atomic E-state index is -0.522. The minimum absolute atomic E-state index is 0.0545. The predicted molar refractivity (Wildman–Crippen MR) is 105 cm³/mol. The van der Waals surface area contributed by atoms with Gasteiger partial charge in [-0.1, -0.05) is 24.3 Å². The van der Waals surface area contributed by atoms with Gasteiger partial charge in [0.2, 0.25) is 0 Å². The van der Waals surface area contributed by atoms with Crippen LogP contribution in [0.15, 0.2) is 60.1 Å². The molecule has 3 aromatic rings. The van der Waals surface area contributed by atoms with Crippen molar-refractivity contribution in [2.24, 2.45) is 0 Å². The van der Waals surface area contributed by atoms with Gasteiger partial charge in [0, 0.05) is 35.3 Å². The van der Waals surface area contributed by atoms with E-state index in [-0.39, 0.29) is 22.6 Å². The van der Waals surface area contributed by atoms with Gasteiger partial charge >= 0.3 is 0 Å². The maximum atomic E-state index is 11.1. The first-order valence-corrected chi connectivity index (χ1v) is 8.68. The Bertz CT molecular complexity index is 1130. The molecule has 1 N–H and O–H groups in total. The van der Waals surface area contributed by atoms with Crippen LogP contribution in [0.25, 0.3) is 16.8 Å². The molecule has 0 radical (unpaired) electrons. The van der Waals surface area contributed by atoms with E-state index in [1.54, 1.807) is 29.6 Å². The highest BCUT2D eigenvalue weighted by Gasteiger charge is 2.14. The van der Waals surface area contributed by atoms with Gasteiger partial charge in [-0.3, -0.25) is 20.2 Å². The number of rotatable bonds is 6. The predicted octanol–water partition coefficient (Wildman–Crippen LogP) is 4.60. The number of para-hydroxylation sites is 2. The number of nitro benzene ring substituents is 2. The number of benzene rings is 2. The van der Waals surface area contributed by atoms with Crippen molar-refractivity contribution < 1.29 is 9.85 Å². The van der Waals surface area contributed by atoms with Gasteiger partial charge in [-0.15, -0.1) is 11.3 Å². The van der Waals surface area contributed by atoms with E-state index in [0.29, 0.717) is 16.3 Å². The molecule has 138 valence electrons. The van der Waals surface area contributed by atoms with Crippen LogP contribution in [0.3, 0.4) is 0 Å². The van der Waals surface area contributed by atoms with Crippen molar-refractivity contribution in [2.45, 2.75) is 0 Å². The van der Waals surface area contributed by atoms with E-state index in [1.807, 2.05) is 6.07 Å². The molecule has 0 saturated carbocycles. The fourth-order valence-electron chi connectivity index (χ4n) is 2.36. The lowest BCUT2D eigenvalue weighted by molar-refractivity contribution is -0.384. The van der Waals surface area contributed by atoms with Crippen LogP contribution in [0.4, 0.5) is 17.1 Å². The highest BCUT2D eigenvalue weighted by atomic mass is 32.1. The highest BCUT2D eigenvalue weighted by molar-refractivity contribution is 7.11. The summed E-state index contributed by atoms with van der Waals surface area (Å²) in [5.41, 5.74) is 1.31. The molecule has 0 amide bonds. The van der Waals surface area contributed by atoms with Gasteiger partial charge < -0.3 is 5.32 Å². The second-order valence-electron chi connectivity index (χ2n) is 5.43. The van der Waals surface area contributed by atoms with Gasteiger partial charge in [0.15, 0.2) is 0 Å². The van der Waals surface area contributed by atoms with Gasteiger partial charge in [0.1, 0.15) is 22.3 Å². The van der Waals surface area contributed by atoms with Crippen LogP contribution in [0.2, 0.25) is 0 Å². The third kappa shape index (κ3) is 4.00. The number of non-ortho nitro benzene ring substituents is 1. The van der Waals surface area contributed by atoms with E-state index in [1.165, 1.54) is 41.8 Å². The maximum Gasteiger partial charge on any atom is 0.292 e. The molecule has 28 heavy (non-hydrogen) atoms. The van der Waals surface area contributed by atoms with Crippen LogP contribution in [0.1, 0.15) is 5.01 Å². The first kappa shape index (κ1) is 18.7. The first-order chi connectivity index (χ1) is 13.5. The minimum Gasteiger partial charge on any atom is -0.355 e. The molecular weight excluding hydrogens is 382 g/mol. The van der Waals surface area contributed by atoms with Crippen molar-refractivity contribution in [1.29, 1.82) is 5.26 Å². The molecule has 0 unspecified atom stereocenters. The Morgan fingerprint density at radius 1 is 1.14 bits per heavy atom. The van der Waals surface area contributed by atoms with Crippen molar-refractivity contribution in [3.63, 3.8) is 0 Å². The Morgan fingerprint density at radius 2 is 1.93 bits per heavy atom. The number of hydrogen-bond donors (Lipinski definition) is 1. The Kier molecular flexibility index (Phi) is 5.38. The fourth-order valence-corrected chi connectivity index (χ4v) is 3.15. The average molecular weight is 393 g/mol. The van der Waals surface area contributed by atoms with E-state index in [0.717, 1.165) is 0 Å². The summed E-state index contributed by atoms with van der Waals surface area (Å²) in [4.78, 5) is 25.3. The summed E-state index contributed by atoms with van der Waals surface area (Å²) < 4.78 is 0. The standard InChI is InChI=1S/C18H11N5O4S/c19-9-13(10-20-15-6-1-2-7-17(15)23(26)27)18-21-16(11-28-18)12-4-3-5-14(8-12)22(24)25/h1-8,10-11,20H. The lowest BCUT2D eigenvalue weighted by Crippen LogP contribution is -1.96. The third-order valence-corrected chi connectivity index (χ3v) is 4.56. The third-order valence-electron chi connectivity index (χ3n) is 3.68. The van der Waals surface area contributed by atoms with E-state index in [2.05, 4.69) is 10.3 Å². The summed E-state index contributed by atoms with van der Waals surface area (Å²) >= 11 is 1.19. The van der Waals surface area contributed by atoms with Gasteiger partial charge in [0.05, 0.1) is 15.5 Å². The number of nitrogens with one attached hydrogen (secondary N) is 1. The van der Waals surface area contributed by atoms with Crippen molar-refractivity contribution in [2.75, 3.05) is 5.32 Å². The molecule has 10 heteroatoms. The summed E-state index contributed by atoms with van der Waals surface area (Å²) in [5.74, 6) is 0. The monoisotopic (exact) mass is 393 g/mol. The summed E-state index contributed by atoms with van der Waals surface area (Å²) in [5, 5.41) is 36.2. The zero-order chi connectivity index (χ0) is 20.1. The van der Waals surface area contributed by atoms with Crippen LogP contribution in [-0.4, -0.2) is 14.8 Å². The number of hydrogen-bond acceptors (Lipinski definition) is 8. The summed E-state index contributed by atoms with van der Waals surface area (Å²) in [6, 6.07) is 14.1.